The number of nitrogens with zero attached hydrogens (tertiary/aromatic N) is 3. The zero-order valence-corrected chi connectivity index (χ0v) is 19.8. The largest absolute Gasteiger partial charge is 0.465 e. The predicted molar refractivity (Wildman–Crippen MR) is 117 cm³/mol. The van der Waals surface area contributed by atoms with E-state index in [9.17, 15) is 27.7 Å². The van der Waals surface area contributed by atoms with E-state index in [2.05, 4.69) is 6.07 Å². The summed E-state index contributed by atoms with van der Waals surface area (Å²) < 4.78 is 50.4. The highest BCUT2D eigenvalue weighted by Crippen LogP contribution is 2.35. The van der Waals surface area contributed by atoms with Gasteiger partial charge in [-0.25, -0.2) is 22.4 Å². The van der Waals surface area contributed by atoms with E-state index in [4.69, 9.17) is 9.47 Å². The molecule has 9 nitrogen and oxygen atoms in total. The summed E-state index contributed by atoms with van der Waals surface area (Å²) in [4.78, 5) is 26.3. The number of methoxy groups -OCH3 is 2. The molecule has 33 heavy (non-hydrogen) atoms. The second-order valence-corrected chi connectivity index (χ2v) is 10.4. The Labute approximate surface area is 195 Å². The van der Waals surface area contributed by atoms with Crippen molar-refractivity contribution in [3.8, 4) is 6.07 Å². The standard InChI is InChI=1S/C21H22FN3O6S2/c1-13-17(19(26)30-2)21(32-18(13)20(27)31-3)33(28,29)25-10-8-24(9-11-25)16(12-23)14-4-6-15(22)7-5-14/h4-7,16H,8-11H2,1-3H3. The fourth-order valence-corrected chi connectivity index (χ4v) is 6.93. The Kier molecular flexibility index (Phi) is 7.48. The zero-order chi connectivity index (χ0) is 24.3. The number of halogens is 1. The maximum absolute atomic E-state index is 13.4. The highest BCUT2D eigenvalue weighted by molar-refractivity contribution is 7.91. The Morgan fingerprint density at radius 3 is 2.18 bits per heavy atom. The number of hydrogen-bond donors (Lipinski definition) is 0. The minimum atomic E-state index is -4.13. The Morgan fingerprint density at radius 1 is 1.09 bits per heavy atom. The van der Waals surface area contributed by atoms with Crippen LogP contribution in [0.3, 0.4) is 0 Å². The van der Waals surface area contributed by atoms with Gasteiger partial charge in [-0.05, 0) is 30.2 Å². The van der Waals surface area contributed by atoms with Gasteiger partial charge in [-0.1, -0.05) is 12.1 Å². The van der Waals surface area contributed by atoms with Crippen LogP contribution in [0.15, 0.2) is 28.5 Å². The van der Waals surface area contributed by atoms with Crippen LogP contribution in [0.4, 0.5) is 4.39 Å². The Bertz CT molecular complexity index is 1200. The van der Waals surface area contributed by atoms with Crippen LogP contribution in [0.5, 0.6) is 0 Å². The molecule has 1 aromatic heterocycles. The maximum atomic E-state index is 13.4. The minimum absolute atomic E-state index is 0.0102. The number of thiophene rings is 1. The second kappa shape index (κ2) is 9.96. The van der Waals surface area contributed by atoms with Gasteiger partial charge in [-0.15, -0.1) is 11.3 Å². The number of rotatable bonds is 6. The molecule has 1 saturated heterocycles. The van der Waals surface area contributed by atoms with Gasteiger partial charge in [0.15, 0.2) is 4.21 Å². The molecule has 0 spiro atoms. The van der Waals surface area contributed by atoms with Crippen LogP contribution < -0.4 is 0 Å². The van der Waals surface area contributed by atoms with Crippen molar-refractivity contribution in [1.82, 2.24) is 9.21 Å². The van der Waals surface area contributed by atoms with Crippen molar-refractivity contribution < 1.29 is 31.9 Å². The molecule has 1 aliphatic rings. The van der Waals surface area contributed by atoms with Crippen LogP contribution in [-0.2, 0) is 19.5 Å². The van der Waals surface area contributed by atoms with E-state index >= 15 is 0 Å². The summed E-state index contributed by atoms with van der Waals surface area (Å²) >= 11 is 0.666. The van der Waals surface area contributed by atoms with E-state index in [1.54, 1.807) is 4.90 Å². The molecule has 0 bridgehead atoms. The first-order chi connectivity index (χ1) is 15.6. The normalized spacial score (nSPS) is 16.1. The number of carbonyl (C=O) groups is 2. The summed E-state index contributed by atoms with van der Waals surface area (Å²) in [7, 11) is -1.84. The minimum Gasteiger partial charge on any atom is -0.465 e. The molecule has 1 atom stereocenters. The van der Waals surface area contributed by atoms with Gasteiger partial charge in [0.2, 0.25) is 0 Å². The molecule has 0 aliphatic carbocycles. The molecule has 0 radical (unpaired) electrons. The number of nitriles is 1. The average Bonchev–Trinajstić information content (AvgIpc) is 3.18. The molecular formula is C21H22FN3O6S2. The maximum Gasteiger partial charge on any atom is 0.348 e. The Morgan fingerprint density at radius 2 is 1.67 bits per heavy atom. The third-order valence-electron chi connectivity index (χ3n) is 5.40. The van der Waals surface area contributed by atoms with E-state index < -0.39 is 33.8 Å². The van der Waals surface area contributed by atoms with Crippen molar-refractivity contribution in [3.05, 3.63) is 51.7 Å². The first-order valence-electron chi connectivity index (χ1n) is 9.85. The fraction of sp³-hybridized carbons (Fsp3) is 0.381. The van der Waals surface area contributed by atoms with Gasteiger partial charge in [0.25, 0.3) is 10.0 Å². The van der Waals surface area contributed by atoms with Gasteiger partial charge in [-0.2, -0.15) is 9.57 Å². The smallest absolute Gasteiger partial charge is 0.348 e. The molecular weight excluding hydrogens is 473 g/mol. The molecule has 3 rings (SSSR count). The molecule has 2 heterocycles. The van der Waals surface area contributed by atoms with Gasteiger partial charge >= 0.3 is 11.9 Å². The first-order valence-corrected chi connectivity index (χ1v) is 12.1. The van der Waals surface area contributed by atoms with Gasteiger partial charge in [0.05, 0.1) is 25.9 Å². The molecule has 0 amide bonds. The summed E-state index contributed by atoms with van der Waals surface area (Å²) in [5, 5.41) is 9.63. The molecule has 1 unspecified atom stereocenters. The lowest BCUT2D eigenvalue weighted by Crippen LogP contribution is -2.49. The van der Waals surface area contributed by atoms with Gasteiger partial charge in [0.1, 0.15) is 16.7 Å². The van der Waals surface area contributed by atoms with Crippen molar-refractivity contribution in [2.45, 2.75) is 17.2 Å². The van der Waals surface area contributed by atoms with Gasteiger partial charge in [-0.3, -0.25) is 4.90 Å². The lowest BCUT2D eigenvalue weighted by molar-refractivity contribution is 0.0596. The molecule has 1 fully saturated rings. The van der Waals surface area contributed by atoms with Crippen LogP contribution in [-0.4, -0.2) is 70.0 Å². The quantitative estimate of drug-likeness (QED) is 0.561. The number of ether oxygens (including phenoxy) is 2. The van der Waals surface area contributed by atoms with Crippen molar-refractivity contribution in [3.63, 3.8) is 0 Å². The molecule has 0 saturated carbocycles. The zero-order valence-electron chi connectivity index (χ0n) is 18.2. The van der Waals surface area contributed by atoms with Crippen molar-refractivity contribution in [2.75, 3.05) is 40.4 Å². The monoisotopic (exact) mass is 495 g/mol. The number of carbonyl (C=O) groups excluding carboxylic acids is 2. The van der Waals surface area contributed by atoms with E-state index in [-0.39, 0.29) is 46.4 Å². The number of sulfonamides is 1. The van der Waals surface area contributed by atoms with Crippen LogP contribution in [0.25, 0.3) is 0 Å². The van der Waals surface area contributed by atoms with Crippen LogP contribution >= 0.6 is 11.3 Å². The highest BCUT2D eigenvalue weighted by Gasteiger charge is 2.38. The van der Waals surface area contributed by atoms with E-state index in [0.29, 0.717) is 16.9 Å². The third kappa shape index (κ3) is 4.77. The lowest BCUT2D eigenvalue weighted by Gasteiger charge is -2.36. The molecule has 1 aliphatic heterocycles. The predicted octanol–water partition coefficient (Wildman–Crippen LogP) is 2.34. The molecule has 176 valence electrons. The number of hydrogen-bond acceptors (Lipinski definition) is 9. The summed E-state index contributed by atoms with van der Waals surface area (Å²) in [5.74, 6) is -2.02. The Hall–Kier alpha value is -2.85. The van der Waals surface area contributed by atoms with Crippen LogP contribution in [0, 0.1) is 24.1 Å². The summed E-state index contributed by atoms with van der Waals surface area (Å²) in [6, 6.07) is 7.11. The fourth-order valence-electron chi connectivity index (χ4n) is 3.63. The number of piperazine rings is 1. The SMILES string of the molecule is COC(=O)c1sc(S(=O)(=O)N2CCN(C(C#N)c3ccc(F)cc3)CC2)c(C(=O)OC)c1C. The molecule has 1 aromatic carbocycles. The van der Waals surface area contributed by atoms with Crippen LogP contribution in [0.2, 0.25) is 0 Å². The molecule has 2 aromatic rings. The van der Waals surface area contributed by atoms with E-state index in [0.717, 1.165) is 7.11 Å². The lowest BCUT2D eigenvalue weighted by atomic mass is 10.1. The van der Waals surface area contributed by atoms with Crippen molar-refractivity contribution in [1.29, 1.82) is 5.26 Å². The van der Waals surface area contributed by atoms with E-state index in [1.165, 1.54) is 42.6 Å². The molecule has 0 N–H and O–H groups in total. The second-order valence-electron chi connectivity index (χ2n) is 7.23. The Balaban J connectivity index is 1.87. The number of benzene rings is 1. The average molecular weight is 496 g/mol. The third-order valence-corrected chi connectivity index (χ3v) is 9.06. The van der Waals surface area contributed by atoms with E-state index in [1.807, 2.05) is 0 Å². The van der Waals surface area contributed by atoms with Crippen molar-refractivity contribution >= 4 is 33.3 Å². The van der Waals surface area contributed by atoms with Gasteiger partial charge in [0, 0.05) is 26.2 Å². The summed E-state index contributed by atoms with van der Waals surface area (Å²) in [5.41, 5.74) is 0.600. The van der Waals surface area contributed by atoms with Crippen LogP contribution in [0.1, 0.15) is 37.2 Å². The topological polar surface area (TPSA) is 117 Å². The highest BCUT2D eigenvalue weighted by atomic mass is 32.2. The van der Waals surface area contributed by atoms with Gasteiger partial charge < -0.3 is 9.47 Å². The number of esters is 2. The summed E-state index contributed by atoms with van der Waals surface area (Å²) in [6.07, 6.45) is 0. The first kappa shape index (κ1) is 24.8. The van der Waals surface area contributed by atoms with Crippen molar-refractivity contribution in [2.24, 2.45) is 0 Å². The summed E-state index contributed by atoms with van der Waals surface area (Å²) in [6.45, 7) is 2.08. The molecule has 12 heteroatoms.